The third-order valence-corrected chi connectivity index (χ3v) is 6.08. The topological polar surface area (TPSA) is 57.7 Å². The lowest BCUT2D eigenvalue weighted by Gasteiger charge is -2.36. The van der Waals surface area contributed by atoms with Crippen LogP contribution in [0.25, 0.3) is 0 Å². The first-order valence-corrected chi connectivity index (χ1v) is 8.42. The Morgan fingerprint density at radius 1 is 1.22 bits per heavy atom. The Morgan fingerprint density at radius 3 is 2.13 bits per heavy atom. The maximum Gasteiger partial charge on any atom is 0.242 e. The molecule has 0 spiro atoms. The first-order valence-electron chi connectivity index (χ1n) is 8.42. The van der Waals surface area contributed by atoms with Gasteiger partial charge < -0.3 is 4.90 Å². The maximum absolute atomic E-state index is 12.6. The number of rotatable bonds is 3. The molecule has 1 heterocycles. The molecule has 0 unspecified atom stereocenters. The van der Waals surface area contributed by atoms with Crippen LogP contribution in [0.3, 0.4) is 0 Å². The van der Waals surface area contributed by atoms with Gasteiger partial charge >= 0.3 is 0 Å². The van der Waals surface area contributed by atoms with Crippen LogP contribution < -0.4 is 0 Å². The number of hydrogen-bond acceptors (Lipinski definition) is 3. The predicted octanol–water partition coefficient (Wildman–Crippen LogP) is 1.69. The third kappa shape index (κ3) is 2.41. The fraction of sp³-hybridized carbons (Fsp3) is 0.722. The molecule has 126 valence electrons. The Bertz CT molecular complexity index is 560. The van der Waals surface area contributed by atoms with E-state index in [4.69, 9.17) is 0 Å². The second kappa shape index (κ2) is 5.18. The number of carbonyl (C=O) groups is 3. The van der Waals surface area contributed by atoms with Gasteiger partial charge in [0.1, 0.15) is 6.54 Å². The lowest BCUT2D eigenvalue weighted by molar-refractivity contribution is -0.148. The molecule has 1 saturated carbocycles. The van der Waals surface area contributed by atoms with Gasteiger partial charge in [-0.1, -0.05) is 32.9 Å². The number of imide groups is 1. The van der Waals surface area contributed by atoms with Crippen molar-refractivity contribution in [1.29, 1.82) is 0 Å². The van der Waals surface area contributed by atoms with E-state index in [2.05, 4.69) is 32.9 Å². The molecule has 2 fully saturated rings. The van der Waals surface area contributed by atoms with Gasteiger partial charge in [0, 0.05) is 13.1 Å². The first-order chi connectivity index (χ1) is 10.6. The largest absolute Gasteiger partial charge is 0.341 e. The minimum Gasteiger partial charge on any atom is -0.341 e. The molecule has 3 rings (SSSR count). The van der Waals surface area contributed by atoms with Crippen LogP contribution in [-0.4, -0.2) is 47.2 Å². The molecule has 0 aromatic heterocycles. The second-order valence-corrected chi connectivity index (χ2v) is 8.31. The van der Waals surface area contributed by atoms with Gasteiger partial charge in [-0.05, 0) is 30.6 Å². The summed E-state index contributed by atoms with van der Waals surface area (Å²) in [5, 5.41) is 0. The zero-order valence-electron chi connectivity index (χ0n) is 14.6. The van der Waals surface area contributed by atoms with Gasteiger partial charge in [0.15, 0.2) is 0 Å². The SMILES string of the molecule is C[C@H](N(C)C(=O)CN1C(=O)[C@@H]2[C@@H](C1=O)[C@H]1C=C[C@H]2C1)C(C)(C)C. The summed E-state index contributed by atoms with van der Waals surface area (Å²) in [6.45, 7) is 8.08. The number of allylic oxidation sites excluding steroid dienone is 2. The summed E-state index contributed by atoms with van der Waals surface area (Å²) < 4.78 is 0. The molecule has 1 saturated heterocycles. The fourth-order valence-electron chi connectivity index (χ4n) is 4.16. The highest BCUT2D eigenvalue weighted by atomic mass is 16.2. The van der Waals surface area contributed by atoms with Crippen LogP contribution in [0.5, 0.6) is 0 Å². The Balaban J connectivity index is 1.71. The van der Waals surface area contributed by atoms with E-state index in [0.29, 0.717) is 0 Å². The molecule has 3 amide bonds. The summed E-state index contributed by atoms with van der Waals surface area (Å²) in [6, 6.07) is 0.0279. The molecular weight excluding hydrogens is 292 g/mol. The monoisotopic (exact) mass is 318 g/mol. The molecular formula is C18H26N2O3. The number of hydrogen-bond donors (Lipinski definition) is 0. The Morgan fingerprint density at radius 2 is 1.70 bits per heavy atom. The van der Waals surface area contributed by atoms with Crippen LogP contribution in [-0.2, 0) is 14.4 Å². The van der Waals surface area contributed by atoms with Crippen molar-refractivity contribution in [3.8, 4) is 0 Å². The summed E-state index contributed by atoms with van der Waals surface area (Å²) in [7, 11) is 1.75. The minimum atomic E-state index is -0.226. The molecule has 23 heavy (non-hydrogen) atoms. The van der Waals surface area contributed by atoms with Crippen LogP contribution in [0.2, 0.25) is 0 Å². The van der Waals surface area contributed by atoms with E-state index >= 15 is 0 Å². The summed E-state index contributed by atoms with van der Waals surface area (Å²) in [5.74, 6) is -0.551. The van der Waals surface area contributed by atoms with Crippen molar-refractivity contribution < 1.29 is 14.4 Å². The number of nitrogens with zero attached hydrogens (tertiary/aromatic N) is 2. The maximum atomic E-state index is 12.6. The van der Waals surface area contributed by atoms with Crippen LogP contribution in [0.15, 0.2) is 12.2 Å². The number of likely N-dealkylation sites (N-methyl/N-ethyl adjacent to an activating group) is 1. The van der Waals surface area contributed by atoms with Crippen molar-refractivity contribution in [2.24, 2.45) is 29.1 Å². The van der Waals surface area contributed by atoms with Gasteiger partial charge in [-0.25, -0.2) is 0 Å². The normalized spacial score (nSPS) is 33.3. The lowest BCUT2D eigenvalue weighted by atomic mass is 9.85. The molecule has 2 bridgehead atoms. The number of amides is 3. The van der Waals surface area contributed by atoms with Gasteiger partial charge in [0.2, 0.25) is 17.7 Å². The van der Waals surface area contributed by atoms with E-state index in [0.717, 1.165) is 6.42 Å². The van der Waals surface area contributed by atoms with Gasteiger partial charge in [-0.2, -0.15) is 0 Å². The lowest BCUT2D eigenvalue weighted by Crippen LogP contribution is -2.48. The average molecular weight is 318 g/mol. The van der Waals surface area contributed by atoms with Crippen LogP contribution >= 0.6 is 0 Å². The number of likely N-dealkylation sites (tertiary alicyclic amines) is 1. The Kier molecular flexibility index (Phi) is 3.65. The molecule has 0 aromatic carbocycles. The first kappa shape index (κ1) is 16.2. The molecule has 0 aromatic rings. The van der Waals surface area contributed by atoms with E-state index in [1.165, 1.54) is 4.90 Å². The fourth-order valence-corrected chi connectivity index (χ4v) is 4.16. The van der Waals surface area contributed by atoms with E-state index in [1.54, 1.807) is 11.9 Å². The van der Waals surface area contributed by atoms with Crippen molar-refractivity contribution in [3.63, 3.8) is 0 Å². The molecule has 1 aliphatic heterocycles. The Hall–Kier alpha value is -1.65. The van der Waals surface area contributed by atoms with Gasteiger partial charge in [-0.3, -0.25) is 19.3 Å². The molecule has 0 radical (unpaired) electrons. The van der Waals surface area contributed by atoms with Crippen LogP contribution in [0, 0.1) is 29.1 Å². The van der Waals surface area contributed by atoms with Crippen molar-refractivity contribution >= 4 is 17.7 Å². The summed E-state index contributed by atoms with van der Waals surface area (Å²) in [4.78, 5) is 40.6. The van der Waals surface area contributed by atoms with E-state index < -0.39 is 0 Å². The molecule has 5 nitrogen and oxygen atoms in total. The molecule has 3 aliphatic rings. The second-order valence-electron chi connectivity index (χ2n) is 8.31. The summed E-state index contributed by atoms with van der Waals surface area (Å²) in [6.07, 6.45) is 5.04. The highest BCUT2D eigenvalue weighted by molar-refractivity contribution is 6.08. The predicted molar refractivity (Wildman–Crippen MR) is 86.1 cm³/mol. The summed E-state index contributed by atoms with van der Waals surface area (Å²) >= 11 is 0. The molecule has 5 atom stereocenters. The molecule has 5 heteroatoms. The zero-order chi connectivity index (χ0) is 17.1. The van der Waals surface area contributed by atoms with E-state index in [1.807, 2.05) is 6.92 Å². The smallest absolute Gasteiger partial charge is 0.242 e. The van der Waals surface area contributed by atoms with Gasteiger partial charge in [-0.15, -0.1) is 0 Å². The van der Waals surface area contributed by atoms with Gasteiger partial charge in [0.25, 0.3) is 0 Å². The average Bonchev–Trinajstić information content (AvgIpc) is 3.14. The highest BCUT2D eigenvalue weighted by Crippen LogP contribution is 2.52. The van der Waals surface area contributed by atoms with E-state index in [-0.39, 0.29) is 59.4 Å². The van der Waals surface area contributed by atoms with Crippen LogP contribution in [0.4, 0.5) is 0 Å². The highest BCUT2D eigenvalue weighted by Gasteiger charge is 2.59. The van der Waals surface area contributed by atoms with E-state index in [9.17, 15) is 14.4 Å². The van der Waals surface area contributed by atoms with Crippen molar-refractivity contribution in [3.05, 3.63) is 12.2 Å². The van der Waals surface area contributed by atoms with Crippen molar-refractivity contribution in [2.45, 2.75) is 40.2 Å². The molecule has 0 N–H and O–H groups in total. The van der Waals surface area contributed by atoms with Crippen molar-refractivity contribution in [2.75, 3.05) is 13.6 Å². The Labute approximate surface area is 137 Å². The summed E-state index contributed by atoms with van der Waals surface area (Å²) in [5.41, 5.74) is -0.0526. The number of fused-ring (bicyclic) bond motifs is 5. The minimum absolute atomic E-state index is 0.0279. The van der Waals surface area contributed by atoms with Crippen LogP contribution in [0.1, 0.15) is 34.1 Å². The zero-order valence-corrected chi connectivity index (χ0v) is 14.6. The van der Waals surface area contributed by atoms with Crippen molar-refractivity contribution in [1.82, 2.24) is 9.80 Å². The number of carbonyl (C=O) groups excluding carboxylic acids is 3. The van der Waals surface area contributed by atoms with Gasteiger partial charge in [0.05, 0.1) is 11.8 Å². The quantitative estimate of drug-likeness (QED) is 0.588. The third-order valence-electron chi connectivity index (χ3n) is 6.08. The standard InChI is InChI=1S/C18H26N2O3/c1-10(18(2,3)4)19(5)13(21)9-20-16(22)14-11-6-7-12(8-11)15(14)17(20)23/h6-7,10-12,14-15H,8-9H2,1-5H3/t10-,11-,12-,14-,15-/m0/s1. The molecule has 2 aliphatic carbocycles.